The number of rotatable bonds is 2. The normalized spacial score (nSPS) is 10.8. The minimum Gasteiger partial charge on any atom is -0.278 e. The van der Waals surface area contributed by atoms with Gasteiger partial charge in [0.1, 0.15) is 17.4 Å². The fourth-order valence-corrected chi connectivity index (χ4v) is 2.98. The third-order valence-corrected chi connectivity index (χ3v) is 4.14. The summed E-state index contributed by atoms with van der Waals surface area (Å²) < 4.78 is 3.51. The van der Waals surface area contributed by atoms with Crippen molar-refractivity contribution in [3.05, 3.63) is 50.8 Å². The van der Waals surface area contributed by atoms with E-state index in [0.717, 1.165) is 14.5 Å². The number of alkyl halides is 1. The van der Waals surface area contributed by atoms with Crippen molar-refractivity contribution in [3.8, 4) is 11.8 Å². The number of nitriles is 1. The Hall–Kier alpha value is -1.42. The maximum atomic E-state index is 9.36. The molecule has 7 heteroatoms. The van der Waals surface area contributed by atoms with Crippen LogP contribution in [0, 0.1) is 11.3 Å². The fourth-order valence-electron chi connectivity index (χ4n) is 2.12. The van der Waals surface area contributed by atoms with Gasteiger partial charge in [-0.15, -0.1) is 11.6 Å². The zero-order valence-corrected chi connectivity index (χ0v) is 14.4. The molecule has 0 aliphatic carbocycles. The van der Waals surface area contributed by atoms with Gasteiger partial charge in [0, 0.05) is 15.1 Å². The molecule has 0 N–H and O–H groups in total. The number of imidazole rings is 1. The quantitative estimate of drug-likeness (QED) is 0.565. The van der Waals surface area contributed by atoms with Gasteiger partial charge in [-0.05, 0) is 40.2 Å². The average Bonchev–Trinajstić information content (AvgIpc) is 2.84. The first-order valence-corrected chi connectivity index (χ1v) is 8.05. The van der Waals surface area contributed by atoms with Crippen molar-refractivity contribution in [2.24, 2.45) is 0 Å². The molecule has 0 saturated carbocycles. The van der Waals surface area contributed by atoms with Gasteiger partial charge in [-0.1, -0.05) is 15.9 Å². The number of pyridine rings is 1. The molecule has 0 unspecified atom stereocenters. The Kier molecular flexibility index (Phi) is 3.98. The Bertz CT molecular complexity index is 883. The van der Waals surface area contributed by atoms with Crippen molar-refractivity contribution in [1.82, 2.24) is 14.5 Å². The highest BCUT2D eigenvalue weighted by Gasteiger charge is 2.16. The molecule has 0 aliphatic rings. The summed E-state index contributed by atoms with van der Waals surface area (Å²) in [5.74, 6) is 0.880. The molecule has 1 aromatic carbocycles. The van der Waals surface area contributed by atoms with Gasteiger partial charge in [0.05, 0.1) is 17.1 Å². The first-order chi connectivity index (χ1) is 10.1. The maximum absolute atomic E-state index is 9.36. The Labute approximate surface area is 142 Å². The van der Waals surface area contributed by atoms with E-state index in [9.17, 15) is 5.26 Å². The van der Waals surface area contributed by atoms with Crippen LogP contribution in [-0.4, -0.2) is 14.5 Å². The van der Waals surface area contributed by atoms with E-state index in [-0.39, 0.29) is 5.88 Å². The molecule has 0 saturated heterocycles. The largest absolute Gasteiger partial charge is 0.278 e. The van der Waals surface area contributed by atoms with Crippen LogP contribution in [0.1, 0.15) is 11.4 Å². The zero-order chi connectivity index (χ0) is 15.0. The third kappa shape index (κ3) is 2.57. The number of hydrogen-bond donors (Lipinski definition) is 0. The van der Waals surface area contributed by atoms with E-state index in [4.69, 9.17) is 11.6 Å². The first kappa shape index (κ1) is 14.5. The summed E-state index contributed by atoms with van der Waals surface area (Å²) in [7, 11) is 0. The molecule has 0 bridgehead atoms. The molecular formula is C14H7Br2ClN4. The number of nitrogens with zero attached hydrogens (tertiary/aromatic N) is 4. The van der Waals surface area contributed by atoms with Crippen molar-refractivity contribution in [3.63, 3.8) is 0 Å². The lowest BCUT2D eigenvalue weighted by Gasteiger charge is -2.09. The number of aromatic nitrogens is 3. The van der Waals surface area contributed by atoms with Gasteiger partial charge in [-0.3, -0.25) is 4.57 Å². The molecule has 0 radical (unpaired) electrons. The second-order valence-corrected chi connectivity index (χ2v) is 6.37. The van der Waals surface area contributed by atoms with E-state index < -0.39 is 0 Å². The Morgan fingerprint density at radius 3 is 2.76 bits per heavy atom. The fraction of sp³-hybridized carbons (Fsp3) is 0.0714. The Balaban J connectivity index is 2.37. The highest BCUT2D eigenvalue weighted by atomic mass is 79.9. The van der Waals surface area contributed by atoms with E-state index in [0.29, 0.717) is 22.7 Å². The van der Waals surface area contributed by atoms with Gasteiger partial charge in [-0.25, -0.2) is 9.97 Å². The number of hydrogen-bond acceptors (Lipinski definition) is 3. The summed E-state index contributed by atoms with van der Waals surface area (Å²) >= 11 is 12.8. The molecule has 0 fully saturated rings. The summed E-state index contributed by atoms with van der Waals surface area (Å²) in [6, 6.07) is 9.55. The summed E-state index contributed by atoms with van der Waals surface area (Å²) in [4.78, 5) is 8.88. The number of benzene rings is 1. The van der Waals surface area contributed by atoms with Crippen LogP contribution in [0.5, 0.6) is 0 Å². The van der Waals surface area contributed by atoms with Crippen LogP contribution >= 0.6 is 43.5 Å². The smallest absolute Gasteiger partial charge is 0.164 e. The lowest BCUT2D eigenvalue weighted by molar-refractivity contribution is 0.965. The molecular weight excluding hydrogens is 419 g/mol. The molecule has 0 aliphatic heterocycles. The van der Waals surface area contributed by atoms with E-state index in [1.807, 2.05) is 22.8 Å². The summed E-state index contributed by atoms with van der Waals surface area (Å²) in [5.41, 5.74) is 2.65. The van der Waals surface area contributed by atoms with Crippen LogP contribution in [0.3, 0.4) is 0 Å². The second kappa shape index (κ2) is 5.76. The highest BCUT2D eigenvalue weighted by Crippen LogP contribution is 2.27. The molecule has 3 rings (SSSR count). The van der Waals surface area contributed by atoms with Crippen LogP contribution < -0.4 is 0 Å². The van der Waals surface area contributed by atoms with Crippen LogP contribution in [-0.2, 0) is 5.88 Å². The summed E-state index contributed by atoms with van der Waals surface area (Å²) in [5, 5.41) is 9.36. The van der Waals surface area contributed by atoms with Crippen LogP contribution in [0.4, 0.5) is 0 Å². The van der Waals surface area contributed by atoms with E-state index >= 15 is 0 Å². The first-order valence-electron chi connectivity index (χ1n) is 5.93. The topological polar surface area (TPSA) is 54.5 Å². The molecule has 0 amide bonds. The van der Waals surface area contributed by atoms with Crippen LogP contribution in [0.15, 0.2) is 39.4 Å². The number of fused-ring (bicyclic) bond motifs is 1. The lowest BCUT2D eigenvalue weighted by atomic mass is 10.2. The van der Waals surface area contributed by atoms with Crippen molar-refractivity contribution in [2.75, 3.05) is 0 Å². The average molecular weight is 426 g/mol. The Morgan fingerprint density at radius 2 is 2.05 bits per heavy atom. The van der Waals surface area contributed by atoms with Gasteiger partial charge >= 0.3 is 0 Å². The summed E-state index contributed by atoms with van der Waals surface area (Å²) in [6.45, 7) is 0. The van der Waals surface area contributed by atoms with Crippen molar-refractivity contribution >= 4 is 54.6 Å². The lowest BCUT2D eigenvalue weighted by Crippen LogP contribution is -2.02. The van der Waals surface area contributed by atoms with Gasteiger partial charge in [-0.2, -0.15) is 5.26 Å². The zero-order valence-electron chi connectivity index (χ0n) is 10.5. The predicted octanol–water partition coefficient (Wildman–Crippen LogP) is 4.56. The van der Waals surface area contributed by atoms with Crippen molar-refractivity contribution in [2.45, 2.75) is 5.88 Å². The molecule has 0 atom stereocenters. The molecule has 3 aromatic rings. The van der Waals surface area contributed by atoms with Crippen molar-refractivity contribution < 1.29 is 0 Å². The third-order valence-electron chi connectivity index (χ3n) is 2.97. The predicted molar refractivity (Wildman–Crippen MR) is 88.5 cm³/mol. The minimum absolute atomic E-state index is 0.231. The van der Waals surface area contributed by atoms with Crippen LogP contribution in [0.2, 0.25) is 0 Å². The van der Waals surface area contributed by atoms with Gasteiger partial charge in [0.25, 0.3) is 0 Å². The number of halogens is 3. The SMILES string of the molecule is N#Cc1cc(Br)ccc1-n1c(CCl)nc2cc(Br)cnc21. The highest BCUT2D eigenvalue weighted by molar-refractivity contribution is 9.10. The molecule has 21 heavy (non-hydrogen) atoms. The molecule has 104 valence electrons. The van der Waals surface area contributed by atoms with E-state index in [1.165, 1.54) is 0 Å². The van der Waals surface area contributed by atoms with Gasteiger partial charge < -0.3 is 0 Å². The molecule has 0 spiro atoms. The van der Waals surface area contributed by atoms with Gasteiger partial charge in [0.15, 0.2) is 5.65 Å². The monoisotopic (exact) mass is 424 g/mol. The van der Waals surface area contributed by atoms with E-state index in [1.54, 1.807) is 12.3 Å². The van der Waals surface area contributed by atoms with E-state index in [2.05, 4.69) is 47.9 Å². The second-order valence-electron chi connectivity index (χ2n) is 4.27. The summed E-state index contributed by atoms with van der Waals surface area (Å²) in [6.07, 6.45) is 1.70. The standard InChI is InChI=1S/C14H7Br2ClN4/c15-9-1-2-12(8(3-9)6-18)21-13(5-17)20-11-4-10(16)7-19-14(11)21/h1-4,7H,5H2. The maximum Gasteiger partial charge on any atom is 0.164 e. The molecule has 2 heterocycles. The van der Waals surface area contributed by atoms with Gasteiger partial charge in [0.2, 0.25) is 0 Å². The minimum atomic E-state index is 0.231. The Morgan fingerprint density at radius 1 is 1.24 bits per heavy atom. The molecule has 4 nitrogen and oxygen atoms in total. The molecule has 2 aromatic heterocycles. The van der Waals surface area contributed by atoms with Crippen molar-refractivity contribution in [1.29, 1.82) is 5.26 Å². The van der Waals surface area contributed by atoms with Crippen LogP contribution in [0.25, 0.3) is 16.9 Å².